The molecule has 28 heavy (non-hydrogen) atoms. The number of nitrogens with zero attached hydrogens (tertiary/aromatic N) is 1. The minimum atomic E-state index is -0.187. The zero-order valence-electron chi connectivity index (χ0n) is 16.3. The number of hydrogen-bond donors (Lipinski definition) is 1. The summed E-state index contributed by atoms with van der Waals surface area (Å²) in [4.78, 5) is 15.5. The molecule has 0 spiro atoms. The van der Waals surface area contributed by atoms with Gasteiger partial charge in [0, 0.05) is 37.2 Å². The first-order valence-corrected chi connectivity index (χ1v) is 10.5. The lowest BCUT2D eigenvalue weighted by atomic mass is 9.86. The summed E-state index contributed by atoms with van der Waals surface area (Å²) in [6, 6.07) is 16.9. The first-order chi connectivity index (χ1) is 13.7. The van der Waals surface area contributed by atoms with Crippen LogP contribution < -0.4 is 5.32 Å². The van der Waals surface area contributed by atoms with Crippen molar-refractivity contribution in [2.24, 2.45) is 5.92 Å². The van der Waals surface area contributed by atoms with E-state index in [0.717, 1.165) is 43.6 Å². The molecular weight excluding hydrogens is 351 g/mol. The van der Waals surface area contributed by atoms with Crippen LogP contribution in [0.15, 0.2) is 54.6 Å². The van der Waals surface area contributed by atoms with Gasteiger partial charge in [-0.1, -0.05) is 49.6 Å². The van der Waals surface area contributed by atoms with Gasteiger partial charge in [-0.15, -0.1) is 0 Å². The van der Waals surface area contributed by atoms with Gasteiger partial charge >= 0.3 is 0 Å². The third kappa shape index (κ3) is 4.27. The predicted molar refractivity (Wildman–Crippen MR) is 110 cm³/mol. The van der Waals surface area contributed by atoms with E-state index in [4.69, 9.17) is 0 Å². The normalized spacial score (nSPS) is 22.9. The topological polar surface area (TPSA) is 32.3 Å². The van der Waals surface area contributed by atoms with Gasteiger partial charge in [0.15, 0.2) is 0 Å². The summed E-state index contributed by atoms with van der Waals surface area (Å²) < 4.78 is 13.8. The average Bonchev–Trinajstić information content (AvgIpc) is 3.21. The SMILES string of the molecule is O=C(c1ccccc1)N(CC1CNCC1c1cccc(F)c1)C1CCCCC1. The van der Waals surface area contributed by atoms with Gasteiger partial charge in [-0.05, 0) is 48.6 Å². The summed E-state index contributed by atoms with van der Waals surface area (Å²) in [6.45, 7) is 2.44. The van der Waals surface area contributed by atoms with Crippen molar-refractivity contribution in [3.8, 4) is 0 Å². The lowest BCUT2D eigenvalue weighted by molar-refractivity contribution is 0.0592. The number of amides is 1. The maximum Gasteiger partial charge on any atom is 0.254 e. The zero-order valence-corrected chi connectivity index (χ0v) is 16.3. The Labute approximate surface area is 166 Å². The van der Waals surface area contributed by atoms with E-state index >= 15 is 0 Å². The van der Waals surface area contributed by atoms with Crippen LogP contribution in [0.3, 0.4) is 0 Å². The molecule has 148 valence electrons. The molecule has 0 radical (unpaired) electrons. The second kappa shape index (κ2) is 8.87. The van der Waals surface area contributed by atoms with Crippen LogP contribution in [0, 0.1) is 11.7 Å². The van der Waals surface area contributed by atoms with Gasteiger partial charge < -0.3 is 10.2 Å². The standard InChI is InChI=1S/C24H29FN2O/c25-21-11-7-10-19(14-21)23-16-26-15-20(23)17-27(22-12-5-2-6-13-22)24(28)18-8-3-1-4-9-18/h1,3-4,7-11,14,20,22-23,26H,2,5-6,12-13,15-17H2. The lowest BCUT2D eigenvalue weighted by Crippen LogP contribution is -2.45. The summed E-state index contributed by atoms with van der Waals surface area (Å²) in [5, 5.41) is 3.47. The summed E-state index contributed by atoms with van der Waals surface area (Å²) in [7, 11) is 0. The van der Waals surface area contributed by atoms with Gasteiger partial charge in [0.25, 0.3) is 5.91 Å². The summed E-state index contributed by atoms with van der Waals surface area (Å²) in [6.07, 6.45) is 5.83. The van der Waals surface area contributed by atoms with Crippen molar-refractivity contribution in [1.82, 2.24) is 10.2 Å². The highest BCUT2D eigenvalue weighted by Gasteiger charge is 2.34. The van der Waals surface area contributed by atoms with Crippen LogP contribution in [0.5, 0.6) is 0 Å². The fourth-order valence-corrected chi connectivity index (χ4v) is 4.84. The Balaban J connectivity index is 1.56. The molecule has 4 rings (SSSR count). The first-order valence-electron chi connectivity index (χ1n) is 10.5. The quantitative estimate of drug-likeness (QED) is 0.822. The second-order valence-electron chi connectivity index (χ2n) is 8.20. The fraction of sp³-hybridized carbons (Fsp3) is 0.458. The molecule has 1 N–H and O–H groups in total. The number of halogens is 1. The third-order valence-electron chi connectivity index (χ3n) is 6.34. The second-order valence-corrected chi connectivity index (χ2v) is 8.20. The smallest absolute Gasteiger partial charge is 0.254 e. The Morgan fingerprint density at radius 1 is 1.00 bits per heavy atom. The van der Waals surface area contributed by atoms with Crippen molar-refractivity contribution >= 4 is 5.91 Å². The molecule has 2 aromatic rings. The van der Waals surface area contributed by atoms with Gasteiger partial charge in [0.05, 0.1) is 0 Å². The van der Waals surface area contributed by atoms with Gasteiger partial charge in [-0.2, -0.15) is 0 Å². The molecule has 0 aromatic heterocycles. The van der Waals surface area contributed by atoms with Crippen LogP contribution in [0.2, 0.25) is 0 Å². The number of rotatable bonds is 5. The van der Waals surface area contributed by atoms with Crippen molar-refractivity contribution in [3.05, 3.63) is 71.5 Å². The molecule has 1 aliphatic carbocycles. The minimum Gasteiger partial charge on any atom is -0.335 e. The molecule has 2 fully saturated rings. The molecule has 1 saturated carbocycles. The van der Waals surface area contributed by atoms with Gasteiger partial charge in [0.2, 0.25) is 0 Å². The van der Waals surface area contributed by atoms with Gasteiger partial charge in [0.1, 0.15) is 5.82 Å². The van der Waals surface area contributed by atoms with Crippen LogP contribution in [-0.4, -0.2) is 36.5 Å². The van der Waals surface area contributed by atoms with Crippen molar-refractivity contribution in [1.29, 1.82) is 0 Å². The first kappa shape index (κ1) is 19.1. The molecule has 4 heteroatoms. The molecule has 2 atom stereocenters. The highest BCUT2D eigenvalue weighted by Crippen LogP contribution is 2.32. The van der Waals surface area contributed by atoms with E-state index in [1.807, 2.05) is 36.4 Å². The number of carbonyl (C=O) groups excluding carboxylic acids is 1. The van der Waals surface area contributed by atoms with E-state index in [0.29, 0.717) is 12.0 Å². The number of nitrogens with one attached hydrogen (secondary N) is 1. The van der Waals surface area contributed by atoms with E-state index in [-0.39, 0.29) is 17.6 Å². The van der Waals surface area contributed by atoms with Crippen LogP contribution in [0.4, 0.5) is 4.39 Å². The molecule has 2 aliphatic rings. The van der Waals surface area contributed by atoms with Crippen molar-refractivity contribution in [2.75, 3.05) is 19.6 Å². The van der Waals surface area contributed by atoms with E-state index < -0.39 is 0 Å². The molecule has 0 bridgehead atoms. The zero-order chi connectivity index (χ0) is 19.3. The van der Waals surface area contributed by atoms with Crippen molar-refractivity contribution in [3.63, 3.8) is 0 Å². The molecular formula is C24H29FN2O. The maximum atomic E-state index is 13.8. The maximum absolute atomic E-state index is 13.8. The summed E-state index contributed by atoms with van der Waals surface area (Å²) in [5.74, 6) is 0.492. The summed E-state index contributed by atoms with van der Waals surface area (Å²) >= 11 is 0. The Bertz CT molecular complexity index is 788. The Kier molecular flexibility index (Phi) is 6.06. The predicted octanol–water partition coefficient (Wildman–Crippen LogP) is 4.60. The van der Waals surface area contributed by atoms with Crippen LogP contribution >= 0.6 is 0 Å². The Morgan fingerprint density at radius 3 is 2.54 bits per heavy atom. The highest BCUT2D eigenvalue weighted by atomic mass is 19.1. The number of carbonyl (C=O) groups is 1. The minimum absolute atomic E-state index is 0.136. The van der Waals surface area contributed by atoms with E-state index in [1.165, 1.54) is 25.3 Å². The molecule has 1 heterocycles. The van der Waals surface area contributed by atoms with E-state index in [2.05, 4.69) is 10.2 Å². The number of benzene rings is 2. The van der Waals surface area contributed by atoms with Crippen LogP contribution in [-0.2, 0) is 0 Å². The molecule has 1 saturated heterocycles. The molecule has 2 aromatic carbocycles. The Hall–Kier alpha value is -2.20. The van der Waals surface area contributed by atoms with Gasteiger partial charge in [-0.25, -0.2) is 4.39 Å². The lowest BCUT2D eigenvalue weighted by Gasteiger charge is -2.37. The average molecular weight is 381 g/mol. The van der Waals surface area contributed by atoms with Crippen molar-refractivity contribution in [2.45, 2.75) is 44.1 Å². The molecule has 1 aliphatic heterocycles. The number of hydrogen-bond acceptors (Lipinski definition) is 2. The molecule has 3 nitrogen and oxygen atoms in total. The van der Waals surface area contributed by atoms with Crippen LogP contribution in [0.25, 0.3) is 0 Å². The van der Waals surface area contributed by atoms with Crippen LogP contribution in [0.1, 0.15) is 53.9 Å². The molecule has 1 amide bonds. The Morgan fingerprint density at radius 2 is 1.79 bits per heavy atom. The monoisotopic (exact) mass is 380 g/mol. The fourth-order valence-electron chi connectivity index (χ4n) is 4.84. The van der Waals surface area contributed by atoms with Crippen molar-refractivity contribution < 1.29 is 9.18 Å². The highest BCUT2D eigenvalue weighted by molar-refractivity contribution is 5.94. The largest absolute Gasteiger partial charge is 0.335 e. The van der Waals surface area contributed by atoms with E-state index in [1.54, 1.807) is 12.1 Å². The van der Waals surface area contributed by atoms with Gasteiger partial charge in [-0.3, -0.25) is 4.79 Å². The summed E-state index contributed by atoms with van der Waals surface area (Å²) in [5.41, 5.74) is 1.80. The van der Waals surface area contributed by atoms with E-state index in [9.17, 15) is 9.18 Å². The third-order valence-corrected chi connectivity index (χ3v) is 6.34. The molecule has 2 unspecified atom stereocenters.